The summed E-state index contributed by atoms with van der Waals surface area (Å²) in [5.74, 6) is -0.110. The lowest BCUT2D eigenvalue weighted by Gasteiger charge is -2.33. The summed E-state index contributed by atoms with van der Waals surface area (Å²) in [4.78, 5) is 41.9. The highest BCUT2D eigenvalue weighted by atomic mass is 32.1. The number of morpholine rings is 1. The fraction of sp³-hybridized carbons (Fsp3) is 0.632. The molecule has 0 spiro atoms. The Labute approximate surface area is 175 Å². The van der Waals surface area contributed by atoms with Crippen LogP contribution in [0.15, 0.2) is 17.5 Å². The maximum absolute atomic E-state index is 12.4. The van der Waals surface area contributed by atoms with Crippen molar-refractivity contribution >= 4 is 29.2 Å². The van der Waals surface area contributed by atoms with Crippen molar-refractivity contribution in [1.82, 2.24) is 15.5 Å². The molecule has 1 aromatic rings. The molecule has 4 amide bonds. The molecule has 0 saturated carbocycles. The second kappa shape index (κ2) is 11.2. The minimum atomic E-state index is -0.451. The summed E-state index contributed by atoms with van der Waals surface area (Å²) in [6, 6.07) is 3.54. The average Bonchev–Trinajstić information content (AvgIpc) is 3.22. The molecule has 0 atom stereocenters. The van der Waals surface area contributed by atoms with Gasteiger partial charge in [0.15, 0.2) is 13.1 Å². The van der Waals surface area contributed by atoms with Gasteiger partial charge in [-0.05, 0) is 17.9 Å². The molecule has 29 heavy (non-hydrogen) atoms. The van der Waals surface area contributed by atoms with Crippen molar-refractivity contribution in [2.45, 2.75) is 6.42 Å². The fourth-order valence-electron chi connectivity index (χ4n) is 3.61. The van der Waals surface area contributed by atoms with E-state index >= 15 is 0 Å². The van der Waals surface area contributed by atoms with Crippen molar-refractivity contribution in [1.29, 1.82) is 0 Å². The molecule has 4 N–H and O–H groups in total. The summed E-state index contributed by atoms with van der Waals surface area (Å²) >= 11 is 1.65. The number of amides is 4. The standard InChI is InChI=1S/C19H29N5O4S/c25-17(21-19(27)20-4-3-16-2-1-13-29-16)14-22-5-7-24(8-6-22)18(26)15-23-9-11-28-12-10-23/h1-2,13H,3-12,14-15H2,(H2,20,21,25,27)/p+2. The summed E-state index contributed by atoms with van der Waals surface area (Å²) < 4.78 is 5.33. The van der Waals surface area contributed by atoms with Gasteiger partial charge >= 0.3 is 6.03 Å². The zero-order valence-electron chi connectivity index (χ0n) is 16.7. The van der Waals surface area contributed by atoms with Crippen LogP contribution >= 0.6 is 11.3 Å². The predicted octanol–water partition coefficient (Wildman–Crippen LogP) is -3.24. The van der Waals surface area contributed by atoms with Gasteiger partial charge in [0.2, 0.25) is 0 Å². The molecule has 0 radical (unpaired) electrons. The number of carbonyl (C=O) groups excluding carboxylic acids is 3. The maximum atomic E-state index is 12.4. The van der Waals surface area contributed by atoms with Crippen LogP contribution in [0.5, 0.6) is 0 Å². The van der Waals surface area contributed by atoms with Gasteiger partial charge in [-0.15, -0.1) is 11.3 Å². The Bertz CT molecular complexity index is 670. The van der Waals surface area contributed by atoms with E-state index in [2.05, 4.69) is 10.6 Å². The predicted molar refractivity (Wildman–Crippen MR) is 108 cm³/mol. The number of carbonyl (C=O) groups is 3. The van der Waals surface area contributed by atoms with Gasteiger partial charge in [-0.25, -0.2) is 4.79 Å². The molecule has 2 aliphatic heterocycles. The van der Waals surface area contributed by atoms with Crippen molar-refractivity contribution in [3.05, 3.63) is 22.4 Å². The van der Waals surface area contributed by atoms with E-state index in [9.17, 15) is 14.4 Å². The molecule has 2 aliphatic rings. The summed E-state index contributed by atoms with van der Waals surface area (Å²) in [6.45, 7) is 7.21. The average molecular weight is 426 g/mol. The van der Waals surface area contributed by atoms with Crippen molar-refractivity contribution in [3.63, 3.8) is 0 Å². The third kappa shape index (κ3) is 7.39. The van der Waals surface area contributed by atoms with Crippen LogP contribution in [0, 0.1) is 0 Å². The van der Waals surface area contributed by atoms with Gasteiger partial charge in [0.05, 0.1) is 39.4 Å². The molecular formula is C19H31N5O4S+2. The van der Waals surface area contributed by atoms with Gasteiger partial charge in [0, 0.05) is 11.4 Å². The van der Waals surface area contributed by atoms with Crippen LogP contribution in [-0.2, 0) is 20.7 Å². The third-order valence-electron chi connectivity index (χ3n) is 5.32. The third-order valence-corrected chi connectivity index (χ3v) is 6.26. The number of hydrogen-bond acceptors (Lipinski definition) is 5. The lowest BCUT2D eigenvalue weighted by atomic mass is 10.3. The van der Waals surface area contributed by atoms with Crippen molar-refractivity contribution in [2.24, 2.45) is 0 Å². The van der Waals surface area contributed by atoms with Crippen LogP contribution in [0.2, 0.25) is 0 Å². The summed E-state index contributed by atoms with van der Waals surface area (Å²) in [6.07, 6.45) is 0.757. The number of thiophene rings is 1. The van der Waals surface area contributed by atoms with Gasteiger partial charge in [-0.1, -0.05) is 6.07 Å². The molecule has 0 aliphatic carbocycles. The molecule has 3 rings (SSSR count). The van der Waals surface area contributed by atoms with Gasteiger partial charge in [0.25, 0.3) is 11.8 Å². The Kier molecular flexibility index (Phi) is 8.41. The number of urea groups is 1. The number of quaternary nitrogens is 2. The van der Waals surface area contributed by atoms with E-state index in [-0.39, 0.29) is 18.4 Å². The van der Waals surface area contributed by atoms with Crippen LogP contribution in [0.25, 0.3) is 0 Å². The minimum absolute atomic E-state index is 0.176. The Morgan fingerprint density at radius 1 is 1.07 bits per heavy atom. The molecule has 0 aromatic carbocycles. The zero-order valence-corrected chi connectivity index (χ0v) is 17.5. The van der Waals surface area contributed by atoms with E-state index in [0.717, 1.165) is 50.7 Å². The van der Waals surface area contributed by atoms with Gasteiger partial charge in [0.1, 0.15) is 13.1 Å². The number of ether oxygens (including phenoxy) is 1. The first-order valence-corrected chi connectivity index (χ1v) is 11.1. The van der Waals surface area contributed by atoms with Crippen LogP contribution in [0.4, 0.5) is 4.79 Å². The summed E-state index contributed by atoms with van der Waals surface area (Å²) in [7, 11) is 0. The Balaban J connectivity index is 1.28. The summed E-state index contributed by atoms with van der Waals surface area (Å²) in [5.41, 5.74) is 0. The van der Waals surface area contributed by atoms with E-state index in [1.807, 2.05) is 22.4 Å². The molecule has 1 aromatic heterocycles. The molecule has 160 valence electrons. The lowest BCUT2D eigenvalue weighted by Crippen LogP contribution is -3.17. The minimum Gasteiger partial charge on any atom is -0.370 e. The number of rotatable bonds is 7. The molecule has 0 unspecified atom stereocenters. The lowest BCUT2D eigenvalue weighted by molar-refractivity contribution is -0.902. The topological polar surface area (TPSA) is 96.6 Å². The monoisotopic (exact) mass is 425 g/mol. The van der Waals surface area contributed by atoms with Crippen LogP contribution < -0.4 is 20.4 Å². The van der Waals surface area contributed by atoms with Crippen LogP contribution in [-0.4, -0.2) is 94.9 Å². The highest BCUT2D eigenvalue weighted by molar-refractivity contribution is 7.09. The van der Waals surface area contributed by atoms with Gasteiger partial charge in [-0.2, -0.15) is 0 Å². The van der Waals surface area contributed by atoms with Crippen molar-refractivity contribution in [3.8, 4) is 0 Å². The first kappa shape index (κ1) is 21.7. The molecule has 2 fully saturated rings. The van der Waals surface area contributed by atoms with E-state index in [4.69, 9.17) is 4.74 Å². The van der Waals surface area contributed by atoms with Crippen LogP contribution in [0.3, 0.4) is 0 Å². The first-order valence-electron chi connectivity index (χ1n) is 10.2. The van der Waals surface area contributed by atoms with Crippen molar-refractivity contribution in [2.75, 3.05) is 72.1 Å². The molecule has 0 bridgehead atoms. The number of nitrogens with zero attached hydrogens (tertiary/aromatic N) is 1. The van der Waals surface area contributed by atoms with Crippen molar-refractivity contribution < 1.29 is 28.9 Å². The van der Waals surface area contributed by atoms with E-state index in [0.29, 0.717) is 26.2 Å². The van der Waals surface area contributed by atoms with Gasteiger partial charge in [-0.3, -0.25) is 14.9 Å². The highest BCUT2D eigenvalue weighted by Gasteiger charge is 2.28. The van der Waals surface area contributed by atoms with E-state index < -0.39 is 6.03 Å². The number of hydrogen-bond donors (Lipinski definition) is 4. The molecule has 2 saturated heterocycles. The summed E-state index contributed by atoms with van der Waals surface area (Å²) in [5, 5.41) is 7.10. The zero-order chi connectivity index (χ0) is 20.5. The van der Waals surface area contributed by atoms with E-state index in [1.165, 1.54) is 9.78 Å². The fourth-order valence-corrected chi connectivity index (χ4v) is 4.32. The smallest absolute Gasteiger partial charge is 0.321 e. The quantitative estimate of drug-likeness (QED) is 0.369. The highest BCUT2D eigenvalue weighted by Crippen LogP contribution is 2.07. The second-order valence-corrected chi connectivity index (χ2v) is 8.51. The van der Waals surface area contributed by atoms with Crippen LogP contribution in [0.1, 0.15) is 4.88 Å². The Hall–Kier alpha value is -2.01. The Morgan fingerprint density at radius 3 is 2.48 bits per heavy atom. The normalized spacial score (nSPS) is 18.4. The Morgan fingerprint density at radius 2 is 1.79 bits per heavy atom. The van der Waals surface area contributed by atoms with E-state index in [1.54, 1.807) is 11.3 Å². The maximum Gasteiger partial charge on any atom is 0.321 e. The number of nitrogens with one attached hydrogen (secondary N) is 4. The molecule has 10 heteroatoms. The largest absolute Gasteiger partial charge is 0.370 e. The molecular weight excluding hydrogens is 394 g/mol. The SMILES string of the molecule is O=C(C[NH+]1CCN(C(=O)C[NH+]2CCOCC2)CC1)NC(=O)NCCc1cccs1. The first-order chi connectivity index (χ1) is 14.1. The molecule has 9 nitrogen and oxygen atoms in total. The van der Waals surface area contributed by atoms with Gasteiger partial charge < -0.3 is 24.8 Å². The molecule has 3 heterocycles. The second-order valence-electron chi connectivity index (χ2n) is 7.48. The number of imide groups is 1. The number of piperazine rings is 1.